The number of carbonyl (C=O) groups excluding carboxylic acids is 3. The summed E-state index contributed by atoms with van der Waals surface area (Å²) < 4.78 is 47.1. The number of halogens is 3. The van der Waals surface area contributed by atoms with Gasteiger partial charge in [0.25, 0.3) is 5.91 Å². The summed E-state index contributed by atoms with van der Waals surface area (Å²) in [5.74, 6) is -1.95. The Kier molecular flexibility index (Phi) is 12.0. The lowest BCUT2D eigenvalue weighted by Gasteiger charge is -2.37. The minimum absolute atomic E-state index is 0.0271. The number of likely N-dealkylation sites (tertiary alicyclic amines) is 1. The number of rotatable bonds is 13. The van der Waals surface area contributed by atoms with Gasteiger partial charge in [-0.3, -0.25) is 14.4 Å². The minimum Gasteiger partial charge on any atom is -0.489 e. The van der Waals surface area contributed by atoms with Crippen molar-refractivity contribution in [2.75, 3.05) is 26.7 Å². The molecule has 11 nitrogen and oxygen atoms in total. The molecule has 3 aromatic carbocycles. The molecule has 1 saturated heterocycles. The SMILES string of the molecule is CNC(C)C(=O)NC(C(=O)N1CC(Oc2ccc(F)cc2)CC1CN(CCc1ccc(F)cc1)C(=O)c1cnn(-c2ccc(F)cc2)n1)C(C)(C)C. The Balaban J connectivity index is 1.46. The highest BCUT2D eigenvalue weighted by atomic mass is 19.1. The molecule has 2 N–H and O–H groups in total. The molecule has 276 valence electrons. The van der Waals surface area contributed by atoms with Crippen molar-refractivity contribution in [1.82, 2.24) is 35.4 Å². The van der Waals surface area contributed by atoms with Gasteiger partial charge in [-0.1, -0.05) is 32.9 Å². The van der Waals surface area contributed by atoms with Crippen molar-refractivity contribution in [3.05, 3.63) is 108 Å². The Morgan fingerprint density at radius 1 is 0.942 bits per heavy atom. The zero-order chi connectivity index (χ0) is 37.6. The summed E-state index contributed by atoms with van der Waals surface area (Å²) in [5, 5.41) is 14.4. The van der Waals surface area contributed by atoms with Crippen LogP contribution in [0, 0.1) is 22.9 Å². The Hall–Kier alpha value is -5.24. The third kappa shape index (κ3) is 9.55. The second kappa shape index (κ2) is 16.4. The van der Waals surface area contributed by atoms with Crippen molar-refractivity contribution in [3.8, 4) is 11.4 Å². The van der Waals surface area contributed by atoms with Gasteiger partial charge in [-0.2, -0.15) is 9.90 Å². The first-order chi connectivity index (χ1) is 24.7. The lowest BCUT2D eigenvalue weighted by Crippen LogP contribution is -2.59. The first kappa shape index (κ1) is 38.0. The van der Waals surface area contributed by atoms with E-state index in [4.69, 9.17) is 4.74 Å². The van der Waals surface area contributed by atoms with E-state index >= 15 is 0 Å². The molecule has 0 radical (unpaired) electrons. The molecule has 1 fully saturated rings. The summed E-state index contributed by atoms with van der Waals surface area (Å²) in [6, 6.07) is 15.0. The normalized spacial score (nSPS) is 17.0. The van der Waals surface area contributed by atoms with Crippen molar-refractivity contribution in [1.29, 1.82) is 0 Å². The zero-order valence-electron chi connectivity index (χ0n) is 29.9. The van der Waals surface area contributed by atoms with Gasteiger partial charge < -0.3 is 25.2 Å². The smallest absolute Gasteiger partial charge is 0.276 e. The van der Waals surface area contributed by atoms with Gasteiger partial charge in [-0.05, 0) is 92.0 Å². The fourth-order valence-corrected chi connectivity index (χ4v) is 5.99. The van der Waals surface area contributed by atoms with Gasteiger partial charge in [0.2, 0.25) is 11.8 Å². The third-order valence-corrected chi connectivity index (χ3v) is 9.07. The highest BCUT2D eigenvalue weighted by Gasteiger charge is 2.44. The number of hydrogen-bond acceptors (Lipinski definition) is 7. The fraction of sp³-hybridized carbons (Fsp3) is 0.395. The Morgan fingerprint density at radius 2 is 1.54 bits per heavy atom. The van der Waals surface area contributed by atoms with E-state index in [-0.39, 0.29) is 43.0 Å². The van der Waals surface area contributed by atoms with Crippen molar-refractivity contribution in [3.63, 3.8) is 0 Å². The van der Waals surface area contributed by atoms with Crippen LogP contribution < -0.4 is 15.4 Å². The van der Waals surface area contributed by atoms with Gasteiger partial charge in [0, 0.05) is 19.5 Å². The van der Waals surface area contributed by atoms with Gasteiger partial charge >= 0.3 is 0 Å². The van der Waals surface area contributed by atoms with Crippen LogP contribution in [0.25, 0.3) is 5.69 Å². The van der Waals surface area contributed by atoms with E-state index in [0.29, 0.717) is 24.3 Å². The summed E-state index contributed by atoms with van der Waals surface area (Å²) in [4.78, 5) is 46.2. The molecule has 4 unspecified atom stereocenters. The molecule has 1 aromatic heterocycles. The molecule has 3 amide bonds. The number of ether oxygens (including phenoxy) is 1. The summed E-state index contributed by atoms with van der Waals surface area (Å²) in [5.41, 5.74) is 0.589. The zero-order valence-corrected chi connectivity index (χ0v) is 29.9. The van der Waals surface area contributed by atoms with Gasteiger partial charge in [0.05, 0.1) is 30.5 Å². The summed E-state index contributed by atoms with van der Waals surface area (Å²) >= 11 is 0. The molecule has 0 aliphatic carbocycles. The van der Waals surface area contributed by atoms with E-state index in [2.05, 4.69) is 20.8 Å². The van der Waals surface area contributed by atoms with E-state index < -0.39 is 47.2 Å². The number of hydrogen-bond donors (Lipinski definition) is 2. The highest BCUT2D eigenvalue weighted by Crippen LogP contribution is 2.29. The second-order valence-electron chi connectivity index (χ2n) is 14.0. The van der Waals surface area contributed by atoms with E-state index in [0.717, 1.165) is 5.56 Å². The molecule has 0 saturated carbocycles. The standard InChI is InChI=1S/C38H44F3N7O4/c1-24(42-5)35(49)44-34(38(2,3)4)37(51)47-23-32(52-31-16-12-28(41)13-17-31)20-30(47)22-46(19-18-25-6-8-26(39)9-7-25)36(50)33-21-43-48(45-33)29-14-10-27(40)11-15-29/h6-17,21,24,30,32,34,42H,18-20,22-23H2,1-5H3,(H,44,49). The van der Waals surface area contributed by atoms with Crippen LogP contribution in [0.5, 0.6) is 5.75 Å². The van der Waals surface area contributed by atoms with Crippen LogP contribution >= 0.6 is 0 Å². The summed E-state index contributed by atoms with van der Waals surface area (Å²) in [6.07, 6.45) is 1.50. The molecule has 0 spiro atoms. The number of amides is 3. The molecule has 52 heavy (non-hydrogen) atoms. The van der Waals surface area contributed by atoms with Gasteiger partial charge in [0.1, 0.15) is 35.3 Å². The predicted molar refractivity (Wildman–Crippen MR) is 188 cm³/mol. The van der Waals surface area contributed by atoms with Gasteiger partial charge in [-0.15, -0.1) is 5.10 Å². The lowest BCUT2D eigenvalue weighted by atomic mass is 9.85. The first-order valence-electron chi connectivity index (χ1n) is 17.1. The molecule has 5 rings (SSSR count). The Morgan fingerprint density at radius 3 is 2.13 bits per heavy atom. The van der Waals surface area contributed by atoms with Crippen LogP contribution in [0.1, 0.15) is 50.2 Å². The first-order valence-corrected chi connectivity index (χ1v) is 17.1. The molecule has 4 aromatic rings. The quantitative estimate of drug-likeness (QED) is 0.208. The van der Waals surface area contributed by atoms with E-state index in [1.54, 1.807) is 35.9 Å². The van der Waals surface area contributed by atoms with Crippen LogP contribution in [-0.4, -0.2) is 93.4 Å². The molecule has 1 aliphatic rings. The van der Waals surface area contributed by atoms with E-state index in [9.17, 15) is 27.6 Å². The highest BCUT2D eigenvalue weighted by molar-refractivity contribution is 5.92. The monoisotopic (exact) mass is 719 g/mol. The maximum atomic E-state index is 14.5. The number of aromatic nitrogens is 3. The molecule has 2 heterocycles. The average molecular weight is 720 g/mol. The van der Waals surface area contributed by atoms with Crippen molar-refractivity contribution < 1.29 is 32.3 Å². The topological polar surface area (TPSA) is 122 Å². The fourth-order valence-electron chi connectivity index (χ4n) is 5.99. The van der Waals surface area contributed by atoms with Crippen molar-refractivity contribution in [2.45, 2.75) is 64.8 Å². The minimum atomic E-state index is -0.915. The Bertz CT molecular complexity index is 1830. The molecule has 14 heteroatoms. The van der Waals surface area contributed by atoms with Crippen LogP contribution in [-0.2, 0) is 16.0 Å². The maximum Gasteiger partial charge on any atom is 0.276 e. The molecule has 1 aliphatic heterocycles. The van der Waals surface area contributed by atoms with Gasteiger partial charge in [0.15, 0.2) is 5.69 Å². The van der Waals surface area contributed by atoms with Crippen LogP contribution in [0.3, 0.4) is 0 Å². The van der Waals surface area contributed by atoms with Crippen LogP contribution in [0.15, 0.2) is 79.0 Å². The largest absolute Gasteiger partial charge is 0.489 e. The van der Waals surface area contributed by atoms with Crippen molar-refractivity contribution in [2.24, 2.45) is 5.41 Å². The van der Waals surface area contributed by atoms with Crippen molar-refractivity contribution >= 4 is 17.7 Å². The summed E-state index contributed by atoms with van der Waals surface area (Å²) in [7, 11) is 1.65. The maximum absolute atomic E-state index is 14.5. The van der Waals surface area contributed by atoms with Gasteiger partial charge in [-0.25, -0.2) is 13.2 Å². The molecule has 0 bridgehead atoms. The number of nitrogens with zero attached hydrogens (tertiary/aromatic N) is 5. The molecular formula is C38H44F3N7O4. The number of nitrogens with one attached hydrogen (secondary N) is 2. The van der Waals surface area contributed by atoms with Crippen LogP contribution in [0.2, 0.25) is 0 Å². The molecule has 4 atom stereocenters. The number of carbonyl (C=O) groups is 3. The van der Waals surface area contributed by atoms with E-state index in [1.165, 1.54) is 71.7 Å². The lowest BCUT2D eigenvalue weighted by molar-refractivity contribution is -0.141. The average Bonchev–Trinajstić information content (AvgIpc) is 3.77. The predicted octanol–water partition coefficient (Wildman–Crippen LogP) is 4.56. The summed E-state index contributed by atoms with van der Waals surface area (Å²) in [6.45, 7) is 7.68. The third-order valence-electron chi connectivity index (χ3n) is 9.07. The second-order valence-corrected chi connectivity index (χ2v) is 14.0. The van der Waals surface area contributed by atoms with Crippen LogP contribution in [0.4, 0.5) is 13.2 Å². The molecular weight excluding hydrogens is 675 g/mol. The number of likely N-dealkylation sites (N-methyl/N-ethyl adjacent to an activating group) is 1. The number of benzene rings is 3. The van der Waals surface area contributed by atoms with E-state index in [1.807, 2.05) is 20.8 Å². The Labute approximate surface area is 301 Å².